The van der Waals surface area contributed by atoms with Crippen LogP contribution in [0.5, 0.6) is 0 Å². The lowest BCUT2D eigenvalue weighted by molar-refractivity contribution is 1.34. The van der Waals surface area contributed by atoms with Crippen molar-refractivity contribution in [1.82, 2.24) is 4.98 Å². The minimum atomic E-state index is 0.597. The Hall–Kier alpha value is -1.57. The Kier molecular flexibility index (Phi) is 1.69. The van der Waals surface area contributed by atoms with Crippen molar-refractivity contribution in [3.63, 3.8) is 0 Å². The van der Waals surface area contributed by atoms with Gasteiger partial charge in [0, 0.05) is 5.39 Å². The molecular formula is C11H12N2. The van der Waals surface area contributed by atoms with Crippen molar-refractivity contribution in [2.75, 3.05) is 5.73 Å². The fraction of sp³-hybridized carbons (Fsp3) is 0.182. The predicted octanol–water partition coefficient (Wildman–Crippen LogP) is 2.43. The van der Waals surface area contributed by atoms with Crippen molar-refractivity contribution in [2.45, 2.75) is 13.8 Å². The van der Waals surface area contributed by atoms with Crippen molar-refractivity contribution < 1.29 is 0 Å². The van der Waals surface area contributed by atoms with Gasteiger partial charge in [-0.1, -0.05) is 18.2 Å². The zero-order chi connectivity index (χ0) is 9.42. The number of rotatable bonds is 0. The third kappa shape index (κ3) is 1.24. The van der Waals surface area contributed by atoms with Gasteiger partial charge in [-0.05, 0) is 31.0 Å². The number of nitrogen functional groups attached to an aromatic ring is 1. The van der Waals surface area contributed by atoms with E-state index in [4.69, 9.17) is 5.73 Å². The van der Waals surface area contributed by atoms with E-state index in [0.717, 1.165) is 5.52 Å². The van der Waals surface area contributed by atoms with E-state index in [1.165, 1.54) is 16.5 Å². The molecule has 0 atom stereocenters. The average molecular weight is 172 g/mol. The van der Waals surface area contributed by atoms with Gasteiger partial charge in [0.05, 0.1) is 5.52 Å². The number of pyridine rings is 1. The van der Waals surface area contributed by atoms with Crippen molar-refractivity contribution in [3.8, 4) is 0 Å². The van der Waals surface area contributed by atoms with Crippen LogP contribution in [0, 0.1) is 13.8 Å². The second-order valence-corrected chi connectivity index (χ2v) is 3.34. The highest BCUT2D eigenvalue weighted by Gasteiger charge is 2.01. The summed E-state index contributed by atoms with van der Waals surface area (Å²) in [6, 6.07) is 8.07. The molecule has 2 nitrogen and oxygen atoms in total. The molecule has 0 radical (unpaired) electrons. The number of aromatic nitrogens is 1. The molecule has 1 aromatic heterocycles. The molecule has 1 aromatic carbocycles. The van der Waals surface area contributed by atoms with E-state index >= 15 is 0 Å². The fourth-order valence-corrected chi connectivity index (χ4v) is 1.59. The number of nitrogens with two attached hydrogens (primary N) is 1. The normalized spacial score (nSPS) is 10.6. The van der Waals surface area contributed by atoms with Crippen LogP contribution < -0.4 is 5.73 Å². The van der Waals surface area contributed by atoms with Gasteiger partial charge in [0.25, 0.3) is 0 Å². The Morgan fingerprint density at radius 2 is 1.92 bits per heavy atom. The predicted molar refractivity (Wildman–Crippen MR) is 55.6 cm³/mol. The van der Waals surface area contributed by atoms with Crippen LogP contribution in [0.2, 0.25) is 0 Å². The Balaban J connectivity index is 2.94. The summed E-state index contributed by atoms with van der Waals surface area (Å²) < 4.78 is 0. The highest BCUT2D eigenvalue weighted by Crippen LogP contribution is 2.21. The maximum absolute atomic E-state index is 5.68. The Morgan fingerprint density at radius 3 is 2.69 bits per heavy atom. The third-order valence-electron chi connectivity index (χ3n) is 2.27. The lowest BCUT2D eigenvalue weighted by Gasteiger charge is -2.04. The number of anilines is 1. The molecule has 2 N–H and O–H groups in total. The van der Waals surface area contributed by atoms with Gasteiger partial charge in [0.1, 0.15) is 5.82 Å². The first kappa shape index (κ1) is 8.05. The van der Waals surface area contributed by atoms with E-state index < -0.39 is 0 Å². The quantitative estimate of drug-likeness (QED) is 0.662. The van der Waals surface area contributed by atoms with Gasteiger partial charge < -0.3 is 5.73 Å². The van der Waals surface area contributed by atoms with Gasteiger partial charge in [-0.15, -0.1) is 0 Å². The van der Waals surface area contributed by atoms with Gasteiger partial charge in [-0.25, -0.2) is 4.98 Å². The fourth-order valence-electron chi connectivity index (χ4n) is 1.59. The number of para-hydroxylation sites is 1. The third-order valence-corrected chi connectivity index (χ3v) is 2.27. The minimum absolute atomic E-state index is 0.597. The van der Waals surface area contributed by atoms with E-state index in [2.05, 4.69) is 18.0 Å². The molecule has 0 aliphatic rings. The molecule has 2 aromatic rings. The van der Waals surface area contributed by atoms with E-state index in [-0.39, 0.29) is 0 Å². The molecule has 0 amide bonds. The largest absolute Gasteiger partial charge is 0.384 e. The number of hydrogen-bond donors (Lipinski definition) is 1. The van der Waals surface area contributed by atoms with E-state index in [1.54, 1.807) is 0 Å². The second kappa shape index (κ2) is 2.73. The second-order valence-electron chi connectivity index (χ2n) is 3.34. The van der Waals surface area contributed by atoms with E-state index in [1.807, 2.05) is 25.1 Å². The zero-order valence-electron chi connectivity index (χ0n) is 7.83. The molecule has 0 fully saturated rings. The van der Waals surface area contributed by atoms with E-state index in [9.17, 15) is 0 Å². The van der Waals surface area contributed by atoms with Crippen LogP contribution in [0.25, 0.3) is 10.9 Å². The van der Waals surface area contributed by atoms with E-state index in [0.29, 0.717) is 5.82 Å². The molecule has 0 aliphatic carbocycles. The van der Waals surface area contributed by atoms with Gasteiger partial charge in [-0.2, -0.15) is 0 Å². The maximum atomic E-state index is 5.68. The highest BCUT2D eigenvalue weighted by molar-refractivity contribution is 5.86. The summed E-state index contributed by atoms with van der Waals surface area (Å²) in [5.74, 6) is 0.597. The summed E-state index contributed by atoms with van der Waals surface area (Å²) in [6.07, 6.45) is 0. The summed E-state index contributed by atoms with van der Waals surface area (Å²) in [4.78, 5) is 4.31. The first-order valence-electron chi connectivity index (χ1n) is 4.31. The molecular weight excluding hydrogens is 160 g/mol. The van der Waals surface area contributed by atoms with Crippen LogP contribution >= 0.6 is 0 Å². The standard InChI is InChI=1S/C11H12N2/c1-7-4-3-5-9-8(2)6-10(12)13-11(7)9/h3-6H,1-2H3,(H2,12,13). The summed E-state index contributed by atoms with van der Waals surface area (Å²) in [5.41, 5.74) is 9.06. The summed E-state index contributed by atoms with van der Waals surface area (Å²) >= 11 is 0. The number of nitrogens with zero attached hydrogens (tertiary/aromatic N) is 1. The van der Waals surface area contributed by atoms with Crippen molar-refractivity contribution in [1.29, 1.82) is 0 Å². The summed E-state index contributed by atoms with van der Waals surface area (Å²) in [6.45, 7) is 4.11. The van der Waals surface area contributed by atoms with Gasteiger partial charge in [0.2, 0.25) is 0 Å². The lowest BCUT2D eigenvalue weighted by atomic mass is 10.1. The van der Waals surface area contributed by atoms with Crippen LogP contribution in [0.15, 0.2) is 24.3 Å². The molecule has 0 saturated carbocycles. The van der Waals surface area contributed by atoms with Crippen molar-refractivity contribution in [2.24, 2.45) is 0 Å². The van der Waals surface area contributed by atoms with Crippen LogP contribution in [-0.2, 0) is 0 Å². The van der Waals surface area contributed by atoms with Crippen molar-refractivity contribution >= 4 is 16.7 Å². The first-order chi connectivity index (χ1) is 6.18. The SMILES string of the molecule is Cc1cc(N)nc2c(C)cccc12. The topological polar surface area (TPSA) is 38.9 Å². The van der Waals surface area contributed by atoms with Gasteiger partial charge in [0.15, 0.2) is 0 Å². The maximum Gasteiger partial charge on any atom is 0.124 e. The van der Waals surface area contributed by atoms with Crippen LogP contribution in [0.3, 0.4) is 0 Å². The molecule has 0 aliphatic heterocycles. The monoisotopic (exact) mass is 172 g/mol. The average Bonchev–Trinajstić information content (AvgIpc) is 2.07. The van der Waals surface area contributed by atoms with Crippen LogP contribution in [0.4, 0.5) is 5.82 Å². The van der Waals surface area contributed by atoms with Crippen LogP contribution in [-0.4, -0.2) is 4.98 Å². The summed E-state index contributed by atoms with van der Waals surface area (Å²) in [5, 5.41) is 1.19. The highest BCUT2D eigenvalue weighted by atomic mass is 14.8. The van der Waals surface area contributed by atoms with Gasteiger partial charge >= 0.3 is 0 Å². The molecule has 0 saturated heterocycles. The molecule has 0 unspecified atom stereocenters. The first-order valence-corrected chi connectivity index (χ1v) is 4.31. The number of aryl methyl sites for hydroxylation is 2. The smallest absolute Gasteiger partial charge is 0.124 e. The molecule has 0 spiro atoms. The Morgan fingerprint density at radius 1 is 1.15 bits per heavy atom. The molecule has 1 heterocycles. The number of benzene rings is 1. The molecule has 2 rings (SSSR count). The van der Waals surface area contributed by atoms with Crippen molar-refractivity contribution in [3.05, 3.63) is 35.4 Å². The molecule has 13 heavy (non-hydrogen) atoms. The number of fused-ring (bicyclic) bond motifs is 1. The Labute approximate surface area is 77.4 Å². The molecule has 2 heteroatoms. The molecule has 66 valence electrons. The van der Waals surface area contributed by atoms with Crippen LogP contribution in [0.1, 0.15) is 11.1 Å². The summed E-state index contributed by atoms with van der Waals surface area (Å²) in [7, 11) is 0. The Bertz CT molecular complexity index is 461. The molecule has 0 bridgehead atoms. The minimum Gasteiger partial charge on any atom is -0.384 e. The lowest BCUT2D eigenvalue weighted by Crippen LogP contribution is -1.93. The van der Waals surface area contributed by atoms with Gasteiger partial charge in [-0.3, -0.25) is 0 Å². The zero-order valence-corrected chi connectivity index (χ0v) is 7.83. The number of hydrogen-bond acceptors (Lipinski definition) is 2.